The molecule has 3 rings (SSSR count). The minimum atomic E-state index is -5.58. The van der Waals surface area contributed by atoms with E-state index in [4.69, 9.17) is 10.5 Å². The highest BCUT2D eigenvalue weighted by Gasteiger charge is 2.46. The molecule has 1 aliphatic heterocycles. The van der Waals surface area contributed by atoms with Gasteiger partial charge in [-0.2, -0.15) is 21.6 Å². The second-order valence-electron chi connectivity index (χ2n) is 7.22. The molecular formula is C21H22F3N3O4S. The number of nitrogens with one attached hydrogen (secondary N) is 1. The van der Waals surface area contributed by atoms with E-state index in [9.17, 15) is 26.7 Å². The molecule has 0 amide bonds. The maximum atomic E-state index is 12.8. The Balaban J connectivity index is 1.89. The number of aliphatic hydroxyl groups excluding tert-OH is 1. The Kier molecular flexibility index (Phi) is 6.79. The number of ether oxygens (including phenoxy) is 1. The molecule has 2 aromatic carbocycles. The molecule has 32 heavy (non-hydrogen) atoms. The highest BCUT2D eigenvalue weighted by Crippen LogP contribution is 2.41. The van der Waals surface area contributed by atoms with Crippen molar-refractivity contribution in [1.82, 2.24) is 0 Å². The smallest absolute Gasteiger partial charge is 0.493 e. The van der Waals surface area contributed by atoms with Crippen LogP contribution in [0.15, 0.2) is 59.2 Å². The summed E-state index contributed by atoms with van der Waals surface area (Å²) in [7, 11) is -3.97. The van der Waals surface area contributed by atoms with Crippen LogP contribution in [0.4, 0.5) is 18.9 Å². The van der Waals surface area contributed by atoms with Gasteiger partial charge in [0.2, 0.25) is 0 Å². The van der Waals surface area contributed by atoms with Gasteiger partial charge >= 0.3 is 15.5 Å². The quantitative estimate of drug-likeness (QED) is 0.560. The maximum absolute atomic E-state index is 12.8. The average molecular weight is 469 g/mol. The summed E-state index contributed by atoms with van der Waals surface area (Å²) in [5, 5.41) is 10.7. The summed E-state index contributed by atoms with van der Waals surface area (Å²) < 4.78 is 68.9. The molecule has 0 saturated carbocycles. The van der Waals surface area contributed by atoms with Gasteiger partial charge in [0.15, 0.2) is 0 Å². The molecular weight excluding hydrogens is 447 g/mol. The Morgan fingerprint density at radius 2 is 2.03 bits per heavy atom. The Morgan fingerprint density at radius 3 is 2.72 bits per heavy atom. The SMILES string of the molecule is CN=CC=C(N)C[C@@H]1COc2cc(-c3ccccc3NS(=O)(=O)C(F)(F)F)ccc2[C@H]1O. The van der Waals surface area contributed by atoms with E-state index in [0.29, 0.717) is 29.0 Å². The van der Waals surface area contributed by atoms with Gasteiger partial charge in [0.1, 0.15) is 5.75 Å². The van der Waals surface area contributed by atoms with Gasteiger partial charge in [-0.3, -0.25) is 9.71 Å². The number of halogens is 3. The van der Waals surface area contributed by atoms with Gasteiger partial charge in [-0.25, -0.2) is 0 Å². The van der Waals surface area contributed by atoms with Gasteiger partial charge in [0.25, 0.3) is 0 Å². The molecule has 0 unspecified atom stereocenters. The number of aliphatic hydroxyl groups is 1. The predicted octanol–water partition coefficient (Wildman–Crippen LogP) is 3.59. The lowest BCUT2D eigenvalue weighted by Gasteiger charge is -2.31. The van der Waals surface area contributed by atoms with Crippen molar-refractivity contribution in [3.8, 4) is 16.9 Å². The molecule has 1 heterocycles. The number of anilines is 1. The third kappa shape index (κ3) is 5.05. The van der Waals surface area contributed by atoms with Crippen molar-refractivity contribution < 1.29 is 31.4 Å². The number of nitrogens with two attached hydrogens (primary N) is 1. The van der Waals surface area contributed by atoms with Crippen LogP contribution in [0.1, 0.15) is 18.1 Å². The second kappa shape index (κ2) is 9.21. The van der Waals surface area contributed by atoms with Gasteiger partial charge in [0, 0.05) is 36.0 Å². The van der Waals surface area contributed by atoms with Crippen molar-refractivity contribution in [3.05, 3.63) is 59.8 Å². The summed E-state index contributed by atoms with van der Waals surface area (Å²) in [6.45, 7) is 0.178. The Morgan fingerprint density at radius 1 is 1.31 bits per heavy atom. The van der Waals surface area contributed by atoms with E-state index >= 15 is 0 Å². The molecule has 0 fully saturated rings. The van der Waals surface area contributed by atoms with Crippen LogP contribution in [-0.4, -0.2) is 38.9 Å². The van der Waals surface area contributed by atoms with Crippen molar-refractivity contribution >= 4 is 21.9 Å². The number of aliphatic imine (C=N–C) groups is 1. The summed E-state index contributed by atoms with van der Waals surface area (Å²) in [6.07, 6.45) is 2.72. The van der Waals surface area contributed by atoms with E-state index < -0.39 is 21.6 Å². The first kappa shape index (κ1) is 23.6. The molecule has 2 aromatic rings. The number of sulfonamides is 1. The van der Waals surface area contributed by atoms with E-state index in [2.05, 4.69) is 4.99 Å². The van der Waals surface area contributed by atoms with Gasteiger partial charge in [0.05, 0.1) is 18.4 Å². The van der Waals surface area contributed by atoms with E-state index in [0.717, 1.165) is 0 Å². The molecule has 0 radical (unpaired) electrons. The number of alkyl halides is 3. The number of benzene rings is 2. The number of hydrogen-bond acceptors (Lipinski definition) is 6. The van der Waals surface area contributed by atoms with E-state index in [1.165, 1.54) is 18.2 Å². The van der Waals surface area contributed by atoms with E-state index in [1.54, 1.807) is 48.3 Å². The monoisotopic (exact) mass is 469 g/mol. The molecule has 4 N–H and O–H groups in total. The minimum Gasteiger partial charge on any atom is -0.493 e. The first-order chi connectivity index (χ1) is 15.0. The van der Waals surface area contributed by atoms with Gasteiger partial charge < -0.3 is 15.6 Å². The Hall–Kier alpha value is -3.05. The number of rotatable bonds is 6. The molecule has 7 nitrogen and oxygen atoms in total. The molecule has 0 aromatic heterocycles. The fourth-order valence-electron chi connectivity index (χ4n) is 3.35. The highest BCUT2D eigenvalue weighted by molar-refractivity contribution is 7.93. The van der Waals surface area contributed by atoms with Crippen LogP contribution >= 0.6 is 0 Å². The van der Waals surface area contributed by atoms with Crippen molar-refractivity contribution in [3.63, 3.8) is 0 Å². The molecule has 0 spiro atoms. The zero-order valence-electron chi connectivity index (χ0n) is 17.0. The zero-order chi connectivity index (χ0) is 23.5. The average Bonchev–Trinajstić information content (AvgIpc) is 2.73. The fourth-order valence-corrected chi connectivity index (χ4v) is 3.93. The number of fused-ring (bicyclic) bond motifs is 1. The largest absolute Gasteiger partial charge is 0.516 e. The molecule has 1 aliphatic rings. The standard InChI is InChI=1S/C21H22F3N3O4S/c1-26-9-8-15(25)10-14-12-31-19-11-13(6-7-17(19)20(14)28)16-4-2-3-5-18(16)27-32(29,30)21(22,23)24/h2-9,11,14,20,27-28H,10,12,25H2,1H3/t14-,20+/m1/s1. The van der Waals surface area contributed by atoms with Crippen LogP contribution in [0.2, 0.25) is 0 Å². The first-order valence-electron chi connectivity index (χ1n) is 9.53. The highest BCUT2D eigenvalue weighted by atomic mass is 32.2. The lowest BCUT2D eigenvalue weighted by Crippen LogP contribution is -2.30. The summed E-state index contributed by atoms with van der Waals surface area (Å²) in [5.41, 5.74) is 1.96. The van der Waals surface area contributed by atoms with Crippen LogP contribution in [0.3, 0.4) is 0 Å². The van der Waals surface area contributed by atoms with Gasteiger partial charge in [-0.05, 0) is 30.2 Å². The van der Waals surface area contributed by atoms with Crippen LogP contribution < -0.4 is 15.2 Å². The van der Waals surface area contributed by atoms with Crippen molar-refractivity contribution in [2.75, 3.05) is 18.4 Å². The van der Waals surface area contributed by atoms with Crippen molar-refractivity contribution in [2.45, 2.75) is 18.0 Å². The van der Waals surface area contributed by atoms with Crippen molar-refractivity contribution in [1.29, 1.82) is 0 Å². The van der Waals surface area contributed by atoms with Crippen molar-refractivity contribution in [2.24, 2.45) is 16.6 Å². The third-order valence-corrected chi connectivity index (χ3v) is 6.05. The van der Waals surface area contributed by atoms with E-state index in [-0.39, 0.29) is 23.8 Å². The summed E-state index contributed by atoms with van der Waals surface area (Å²) in [5.74, 6) is 0.0677. The minimum absolute atomic E-state index is 0.178. The van der Waals surface area contributed by atoms with Gasteiger partial charge in [-0.1, -0.05) is 30.3 Å². The zero-order valence-corrected chi connectivity index (χ0v) is 17.8. The molecule has 0 bridgehead atoms. The summed E-state index contributed by atoms with van der Waals surface area (Å²) in [4.78, 5) is 3.82. The maximum Gasteiger partial charge on any atom is 0.516 e. The molecule has 172 valence electrons. The normalized spacial score (nSPS) is 19.5. The van der Waals surface area contributed by atoms with Gasteiger partial charge in [-0.15, -0.1) is 0 Å². The number of allylic oxidation sites excluding steroid dienone is 2. The molecule has 2 atom stereocenters. The summed E-state index contributed by atoms with van der Waals surface area (Å²) >= 11 is 0. The Bertz CT molecular complexity index is 1150. The van der Waals surface area contributed by atoms with Crippen LogP contribution in [0.5, 0.6) is 5.75 Å². The topological polar surface area (TPSA) is 114 Å². The molecule has 0 aliphatic carbocycles. The number of para-hydroxylation sites is 1. The Labute approximate surface area is 183 Å². The van der Waals surface area contributed by atoms with E-state index in [1.807, 2.05) is 0 Å². The van der Waals surface area contributed by atoms with Crippen LogP contribution in [0.25, 0.3) is 11.1 Å². The molecule has 11 heteroatoms. The lowest BCUT2D eigenvalue weighted by molar-refractivity contribution is -0.0429. The fraction of sp³-hybridized carbons (Fsp3) is 0.286. The number of nitrogens with zero attached hydrogens (tertiary/aromatic N) is 1. The third-order valence-electron chi connectivity index (χ3n) is 4.95. The first-order valence-corrected chi connectivity index (χ1v) is 11.0. The van der Waals surface area contributed by atoms with Crippen LogP contribution in [-0.2, 0) is 10.0 Å². The second-order valence-corrected chi connectivity index (χ2v) is 8.89. The lowest BCUT2D eigenvalue weighted by atomic mass is 9.88. The summed E-state index contributed by atoms with van der Waals surface area (Å²) in [6, 6.07) is 10.4. The predicted molar refractivity (Wildman–Crippen MR) is 116 cm³/mol. The molecule has 0 saturated heterocycles. The van der Waals surface area contributed by atoms with Crippen LogP contribution in [0, 0.1) is 5.92 Å². The number of hydrogen-bond donors (Lipinski definition) is 3.